The molecule has 3 aliphatic rings. The normalized spacial score (nSPS) is 22.8. The summed E-state index contributed by atoms with van der Waals surface area (Å²) in [6, 6.07) is 5.70. The van der Waals surface area contributed by atoms with Gasteiger partial charge in [-0.15, -0.1) is 0 Å². The van der Waals surface area contributed by atoms with E-state index in [2.05, 4.69) is 29.3 Å². The second-order valence-corrected chi connectivity index (χ2v) is 10.4. The highest BCUT2D eigenvalue weighted by atomic mass is 19.1. The Labute approximate surface area is 212 Å². The second-order valence-electron chi connectivity index (χ2n) is 10.4. The Morgan fingerprint density at radius 1 is 1.14 bits per heavy atom. The molecule has 194 valence electrons. The van der Waals surface area contributed by atoms with E-state index in [0.717, 1.165) is 56.9 Å². The topological polar surface area (TPSA) is 73.8 Å². The van der Waals surface area contributed by atoms with Crippen molar-refractivity contribution >= 4 is 23.5 Å². The maximum absolute atomic E-state index is 15.3. The third-order valence-corrected chi connectivity index (χ3v) is 7.82. The fourth-order valence-corrected chi connectivity index (χ4v) is 5.82. The van der Waals surface area contributed by atoms with Gasteiger partial charge in [0, 0.05) is 29.9 Å². The van der Waals surface area contributed by atoms with Crippen LogP contribution in [0.25, 0.3) is 0 Å². The lowest BCUT2D eigenvalue weighted by Crippen LogP contribution is -2.52. The molecule has 0 spiro atoms. The predicted molar refractivity (Wildman–Crippen MR) is 139 cm³/mol. The molecule has 0 bridgehead atoms. The fourth-order valence-electron chi connectivity index (χ4n) is 5.82. The van der Waals surface area contributed by atoms with Gasteiger partial charge in [-0.2, -0.15) is 4.98 Å². The van der Waals surface area contributed by atoms with E-state index in [-0.39, 0.29) is 30.1 Å². The zero-order valence-electron chi connectivity index (χ0n) is 21.5. The van der Waals surface area contributed by atoms with Crippen molar-refractivity contribution in [3.8, 4) is 5.75 Å². The number of fused-ring (bicyclic) bond motifs is 1. The lowest BCUT2D eigenvalue weighted by Gasteiger charge is -2.39. The van der Waals surface area contributed by atoms with Crippen molar-refractivity contribution in [2.24, 2.45) is 0 Å². The van der Waals surface area contributed by atoms with Crippen LogP contribution >= 0.6 is 0 Å². The van der Waals surface area contributed by atoms with Crippen LogP contribution in [-0.4, -0.2) is 59.7 Å². The molecule has 5 rings (SSSR count). The third-order valence-electron chi connectivity index (χ3n) is 7.82. The van der Waals surface area contributed by atoms with E-state index < -0.39 is 5.82 Å². The molecule has 2 aliphatic carbocycles. The van der Waals surface area contributed by atoms with Crippen LogP contribution in [0.15, 0.2) is 24.4 Å². The fraction of sp³-hybridized carbons (Fsp3) is 0.593. The summed E-state index contributed by atoms with van der Waals surface area (Å²) in [7, 11) is 4.28. The van der Waals surface area contributed by atoms with Crippen molar-refractivity contribution in [2.45, 2.75) is 83.0 Å². The van der Waals surface area contributed by atoms with Gasteiger partial charge in [-0.3, -0.25) is 9.80 Å². The summed E-state index contributed by atoms with van der Waals surface area (Å²) >= 11 is 0. The number of aromatic nitrogens is 2. The van der Waals surface area contributed by atoms with E-state index in [1.807, 2.05) is 6.92 Å². The number of rotatable bonds is 7. The molecule has 2 fully saturated rings. The van der Waals surface area contributed by atoms with Crippen LogP contribution in [-0.2, 0) is 6.54 Å². The first kappa shape index (κ1) is 24.7. The largest absolute Gasteiger partial charge is 0.491 e. The average molecular weight is 497 g/mol. The Balaban J connectivity index is 1.43. The summed E-state index contributed by atoms with van der Waals surface area (Å²) in [5, 5.41) is 3.52. The molecular weight excluding hydrogens is 459 g/mol. The molecular formula is C27H37FN6O2. The number of nitrogens with one attached hydrogen (secondary N) is 1. The van der Waals surface area contributed by atoms with Crippen LogP contribution in [0, 0.1) is 5.82 Å². The molecule has 9 heteroatoms. The lowest BCUT2D eigenvalue weighted by atomic mass is 9.91. The van der Waals surface area contributed by atoms with E-state index in [0.29, 0.717) is 30.5 Å². The molecule has 8 nitrogen and oxygen atoms in total. The molecule has 2 heterocycles. The summed E-state index contributed by atoms with van der Waals surface area (Å²) in [5.41, 5.74) is 1.05. The molecule has 1 aromatic carbocycles. The Bertz CT molecular complexity index is 1080. The number of ether oxygens (including phenoxy) is 1. The minimum Gasteiger partial charge on any atom is -0.491 e. The predicted octanol–water partition coefficient (Wildman–Crippen LogP) is 5.19. The molecule has 1 aromatic heterocycles. The van der Waals surface area contributed by atoms with Crippen LogP contribution in [0.1, 0.15) is 63.9 Å². The van der Waals surface area contributed by atoms with Crippen molar-refractivity contribution in [1.82, 2.24) is 14.9 Å². The van der Waals surface area contributed by atoms with Gasteiger partial charge in [0.2, 0.25) is 5.95 Å². The zero-order valence-corrected chi connectivity index (χ0v) is 21.5. The Hall–Kier alpha value is -2.94. The number of benzene rings is 1. The van der Waals surface area contributed by atoms with E-state index in [1.54, 1.807) is 29.3 Å². The Morgan fingerprint density at radius 3 is 2.58 bits per heavy atom. The van der Waals surface area contributed by atoms with Gasteiger partial charge in [-0.25, -0.2) is 14.2 Å². The summed E-state index contributed by atoms with van der Waals surface area (Å²) in [6.45, 7) is 2.39. The second kappa shape index (κ2) is 10.6. The molecule has 2 aromatic rings. The highest BCUT2D eigenvalue weighted by Gasteiger charge is 2.39. The number of carbonyl (C=O) groups excluding carboxylic acids is 1. The highest BCUT2D eigenvalue weighted by Crippen LogP contribution is 2.38. The summed E-state index contributed by atoms with van der Waals surface area (Å²) in [4.78, 5) is 28.9. The molecule has 0 unspecified atom stereocenters. The number of nitrogens with zero attached hydrogens (tertiary/aromatic N) is 5. The van der Waals surface area contributed by atoms with Crippen molar-refractivity contribution in [3.63, 3.8) is 0 Å². The van der Waals surface area contributed by atoms with Crippen molar-refractivity contribution in [3.05, 3.63) is 35.8 Å². The van der Waals surface area contributed by atoms with Crippen molar-refractivity contribution in [2.75, 3.05) is 35.8 Å². The van der Waals surface area contributed by atoms with Crippen molar-refractivity contribution < 1.29 is 13.9 Å². The molecule has 0 radical (unpaired) electrons. The number of halogens is 1. The number of anilines is 3. The van der Waals surface area contributed by atoms with Gasteiger partial charge in [0.25, 0.3) is 0 Å². The molecule has 0 atom stereocenters. The molecule has 36 heavy (non-hydrogen) atoms. The molecule has 2 amide bonds. The quantitative estimate of drug-likeness (QED) is 0.569. The third kappa shape index (κ3) is 4.85. The Kier molecular flexibility index (Phi) is 7.27. The van der Waals surface area contributed by atoms with Gasteiger partial charge in [-0.05, 0) is 71.7 Å². The van der Waals surface area contributed by atoms with E-state index >= 15 is 4.39 Å². The number of hydrogen-bond donors (Lipinski definition) is 1. The molecule has 0 saturated heterocycles. The smallest absolute Gasteiger partial charge is 0.330 e. The number of hydrogen-bond acceptors (Lipinski definition) is 6. The summed E-state index contributed by atoms with van der Waals surface area (Å²) in [6.07, 6.45) is 10.2. The van der Waals surface area contributed by atoms with Gasteiger partial charge >= 0.3 is 6.03 Å². The molecule has 1 aliphatic heterocycles. The minimum atomic E-state index is -0.518. The van der Waals surface area contributed by atoms with E-state index in [9.17, 15) is 4.79 Å². The maximum Gasteiger partial charge on any atom is 0.330 e. The van der Waals surface area contributed by atoms with Gasteiger partial charge in [0.15, 0.2) is 11.6 Å². The minimum absolute atomic E-state index is 0.0514. The number of carbonyl (C=O) groups is 1. The SMILES string of the molecule is CCOc1cccc(N2Cc3cnc(NC4CCC(N(C)C)CC4)nc3N(C3CCCC3)C2=O)c1F. The zero-order chi connectivity index (χ0) is 25.2. The maximum atomic E-state index is 15.3. The van der Waals surface area contributed by atoms with Crippen LogP contribution in [0.5, 0.6) is 5.75 Å². The van der Waals surface area contributed by atoms with Crippen LogP contribution in [0.3, 0.4) is 0 Å². The lowest BCUT2D eigenvalue weighted by molar-refractivity contribution is 0.221. The van der Waals surface area contributed by atoms with Gasteiger partial charge in [0.1, 0.15) is 5.82 Å². The summed E-state index contributed by atoms with van der Waals surface area (Å²) < 4.78 is 20.8. The van der Waals surface area contributed by atoms with Crippen LogP contribution in [0.2, 0.25) is 0 Å². The Morgan fingerprint density at radius 2 is 1.89 bits per heavy atom. The van der Waals surface area contributed by atoms with Gasteiger partial charge in [0.05, 0.1) is 18.8 Å². The monoisotopic (exact) mass is 496 g/mol. The van der Waals surface area contributed by atoms with Crippen LogP contribution in [0.4, 0.5) is 26.6 Å². The van der Waals surface area contributed by atoms with Gasteiger partial charge < -0.3 is 15.0 Å². The van der Waals surface area contributed by atoms with Crippen LogP contribution < -0.4 is 19.9 Å². The number of amides is 2. The van der Waals surface area contributed by atoms with Crippen molar-refractivity contribution in [1.29, 1.82) is 0 Å². The highest BCUT2D eigenvalue weighted by molar-refractivity contribution is 6.06. The average Bonchev–Trinajstić information content (AvgIpc) is 3.40. The first-order valence-corrected chi connectivity index (χ1v) is 13.3. The first-order chi connectivity index (χ1) is 17.5. The standard InChI is InChI=1S/C27H37FN6O2/c1-4-36-23-11-7-10-22(24(23)28)33-17-18-16-29-26(30-19-12-14-20(15-13-19)32(2)3)31-25(18)34(27(33)35)21-8-5-6-9-21/h7,10-11,16,19-21H,4-6,8-9,12-15,17H2,1-3H3,(H,29,30,31). The van der Waals surface area contributed by atoms with Gasteiger partial charge in [-0.1, -0.05) is 18.9 Å². The van der Waals surface area contributed by atoms with E-state index in [1.165, 1.54) is 4.90 Å². The molecule has 2 saturated carbocycles. The molecule has 1 N–H and O–H groups in total. The first-order valence-electron chi connectivity index (χ1n) is 13.3. The number of urea groups is 1. The van der Waals surface area contributed by atoms with E-state index in [4.69, 9.17) is 9.72 Å². The summed E-state index contributed by atoms with van der Waals surface area (Å²) in [5.74, 6) is 0.857.